The van der Waals surface area contributed by atoms with Gasteiger partial charge >= 0.3 is 0 Å². The van der Waals surface area contributed by atoms with Crippen LogP contribution in [-0.4, -0.2) is 70.2 Å². The molecule has 0 aromatic carbocycles. The standard InChI is InChI=1S/C16H34N2O3/c1-3-18(16(15-17)7-5-4-6-8-16)9-10-20-13-14-21-12-11-19-2/h3-15,17H2,1-2H3. The Labute approximate surface area is 130 Å². The van der Waals surface area contributed by atoms with Crippen molar-refractivity contribution in [3.63, 3.8) is 0 Å². The molecule has 5 heteroatoms. The monoisotopic (exact) mass is 302 g/mol. The molecule has 0 radical (unpaired) electrons. The smallest absolute Gasteiger partial charge is 0.0701 e. The fourth-order valence-electron chi connectivity index (χ4n) is 3.23. The van der Waals surface area contributed by atoms with Crippen LogP contribution in [0.4, 0.5) is 0 Å². The molecular formula is C16H34N2O3. The van der Waals surface area contributed by atoms with Gasteiger partial charge in [-0.25, -0.2) is 0 Å². The lowest BCUT2D eigenvalue weighted by molar-refractivity contribution is 0.000388. The highest BCUT2D eigenvalue weighted by atomic mass is 16.5. The van der Waals surface area contributed by atoms with Gasteiger partial charge in [0.25, 0.3) is 0 Å². The summed E-state index contributed by atoms with van der Waals surface area (Å²) >= 11 is 0. The average Bonchev–Trinajstić information content (AvgIpc) is 2.54. The number of nitrogens with two attached hydrogens (primary N) is 1. The first-order valence-corrected chi connectivity index (χ1v) is 8.38. The first-order valence-electron chi connectivity index (χ1n) is 8.38. The van der Waals surface area contributed by atoms with Crippen molar-refractivity contribution in [2.75, 3.05) is 59.8 Å². The highest BCUT2D eigenvalue weighted by Gasteiger charge is 2.35. The fraction of sp³-hybridized carbons (Fsp3) is 1.00. The molecule has 126 valence electrons. The van der Waals surface area contributed by atoms with E-state index in [0.29, 0.717) is 26.4 Å². The predicted octanol–water partition coefficient (Wildman–Crippen LogP) is 1.65. The third kappa shape index (κ3) is 6.61. The van der Waals surface area contributed by atoms with E-state index in [9.17, 15) is 0 Å². The van der Waals surface area contributed by atoms with Gasteiger partial charge in [0.15, 0.2) is 0 Å². The minimum atomic E-state index is 0.214. The number of hydrogen-bond donors (Lipinski definition) is 1. The Kier molecular flexibility index (Phi) is 10.2. The van der Waals surface area contributed by atoms with E-state index >= 15 is 0 Å². The molecule has 0 saturated heterocycles. The van der Waals surface area contributed by atoms with Gasteiger partial charge in [-0.15, -0.1) is 0 Å². The maximum Gasteiger partial charge on any atom is 0.0701 e. The first kappa shape index (κ1) is 18.8. The summed E-state index contributed by atoms with van der Waals surface area (Å²) < 4.78 is 16.0. The van der Waals surface area contributed by atoms with Crippen molar-refractivity contribution in [3.8, 4) is 0 Å². The highest BCUT2D eigenvalue weighted by Crippen LogP contribution is 2.32. The number of rotatable bonds is 12. The summed E-state index contributed by atoms with van der Waals surface area (Å²) in [5.41, 5.74) is 6.31. The molecule has 1 aliphatic rings. The Morgan fingerprint density at radius 3 is 2.14 bits per heavy atom. The van der Waals surface area contributed by atoms with Gasteiger partial charge in [0.2, 0.25) is 0 Å². The van der Waals surface area contributed by atoms with Crippen LogP contribution in [0, 0.1) is 0 Å². The second-order valence-electron chi connectivity index (χ2n) is 5.79. The van der Waals surface area contributed by atoms with Crippen LogP contribution < -0.4 is 5.73 Å². The first-order chi connectivity index (χ1) is 10.3. The number of nitrogens with zero attached hydrogens (tertiary/aromatic N) is 1. The minimum Gasteiger partial charge on any atom is -0.382 e. The lowest BCUT2D eigenvalue weighted by atomic mass is 9.80. The summed E-state index contributed by atoms with van der Waals surface area (Å²) in [5, 5.41) is 0. The molecule has 21 heavy (non-hydrogen) atoms. The molecule has 1 rings (SSSR count). The molecule has 0 amide bonds. The number of likely N-dealkylation sites (N-methyl/N-ethyl adjacent to an activating group) is 1. The summed E-state index contributed by atoms with van der Waals surface area (Å²) in [7, 11) is 1.68. The van der Waals surface area contributed by atoms with Crippen molar-refractivity contribution in [1.29, 1.82) is 0 Å². The van der Waals surface area contributed by atoms with Crippen LogP contribution in [-0.2, 0) is 14.2 Å². The zero-order valence-electron chi connectivity index (χ0n) is 13.9. The van der Waals surface area contributed by atoms with E-state index in [4.69, 9.17) is 19.9 Å². The van der Waals surface area contributed by atoms with Crippen molar-refractivity contribution in [3.05, 3.63) is 0 Å². The Bertz CT molecular complexity index is 246. The molecule has 0 atom stereocenters. The van der Waals surface area contributed by atoms with Crippen LogP contribution in [0.1, 0.15) is 39.0 Å². The van der Waals surface area contributed by atoms with Gasteiger partial charge < -0.3 is 19.9 Å². The molecule has 0 aromatic heterocycles. The molecular weight excluding hydrogens is 268 g/mol. The van der Waals surface area contributed by atoms with E-state index in [-0.39, 0.29) is 5.54 Å². The van der Waals surface area contributed by atoms with Crippen LogP contribution in [0.15, 0.2) is 0 Å². The average molecular weight is 302 g/mol. The highest BCUT2D eigenvalue weighted by molar-refractivity contribution is 4.93. The maximum absolute atomic E-state index is 6.10. The van der Waals surface area contributed by atoms with Crippen molar-refractivity contribution >= 4 is 0 Å². The third-order valence-electron chi connectivity index (χ3n) is 4.53. The van der Waals surface area contributed by atoms with Gasteiger partial charge in [0.1, 0.15) is 0 Å². The van der Waals surface area contributed by atoms with E-state index in [0.717, 1.165) is 26.2 Å². The molecule has 2 N–H and O–H groups in total. The molecule has 0 heterocycles. The maximum atomic E-state index is 6.10. The molecule has 0 aliphatic heterocycles. The van der Waals surface area contributed by atoms with Gasteiger partial charge in [-0.1, -0.05) is 26.2 Å². The van der Waals surface area contributed by atoms with Crippen LogP contribution >= 0.6 is 0 Å². The van der Waals surface area contributed by atoms with Gasteiger partial charge in [-0.3, -0.25) is 4.90 Å². The van der Waals surface area contributed by atoms with Crippen LogP contribution in [0.5, 0.6) is 0 Å². The van der Waals surface area contributed by atoms with E-state index in [1.165, 1.54) is 32.1 Å². The SMILES string of the molecule is CCN(CCOCCOCCOC)C1(CN)CCCCC1. The summed E-state index contributed by atoms with van der Waals surface area (Å²) in [6.07, 6.45) is 6.44. The summed E-state index contributed by atoms with van der Waals surface area (Å²) in [6, 6.07) is 0. The second-order valence-corrected chi connectivity index (χ2v) is 5.79. The zero-order valence-corrected chi connectivity index (χ0v) is 13.9. The topological polar surface area (TPSA) is 57.0 Å². The zero-order chi connectivity index (χ0) is 15.4. The fourth-order valence-corrected chi connectivity index (χ4v) is 3.23. The molecule has 1 aliphatic carbocycles. The Morgan fingerprint density at radius 1 is 0.952 bits per heavy atom. The quantitative estimate of drug-likeness (QED) is 0.556. The molecule has 1 saturated carbocycles. The van der Waals surface area contributed by atoms with Crippen LogP contribution in [0.3, 0.4) is 0 Å². The predicted molar refractivity (Wildman–Crippen MR) is 85.6 cm³/mol. The van der Waals surface area contributed by atoms with Crippen LogP contribution in [0.2, 0.25) is 0 Å². The normalized spacial score (nSPS) is 18.3. The van der Waals surface area contributed by atoms with Gasteiger partial charge in [-0.05, 0) is 19.4 Å². The summed E-state index contributed by atoms with van der Waals surface area (Å²) in [5.74, 6) is 0. The van der Waals surface area contributed by atoms with Crippen molar-refractivity contribution < 1.29 is 14.2 Å². The summed E-state index contributed by atoms with van der Waals surface area (Å²) in [6.45, 7) is 8.31. The van der Waals surface area contributed by atoms with Gasteiger partial charge in [0, 0.05) is 25.7 Å². The minimum absolute atomic E-state index is 0.214. The Balaban J connectivity index is 2.18. The van der Waals surface area contributed by atoms with E-state index in [1.54, 1.807) is 7.11 Å². The lowest BCUT2D eigenvalue weighted by Gasteiger charge is -2.45. The summed E-state index contributed by atoms with van der Waals surface area (Å²) in [4.78, 5) is 2.53. The Hall–Kier alpha value is -0.200. The van der Waals surface area contributed by atoms with E-state index in [2.05, 4.69) is 11.8 Å². The number of ether oxygens (including phenoxy) is 3. The largest absolute Gasteiger partial charge is 0.382 e. The van der Waals surface area contributed by atoms with Gasteiger partial charge in [0.05, 0.1) is 33.0 Å². The number of methoxy groups -OCH3 is 1. The lowest BCUT2D eigenvalue weighted by Crippen LogP contribution is -2.55. The van der Waals surface area contributed by atoms with Gasteiger partial charge in [-0.2, -0.15) is 0 Å². The molecule has 1 fully saturated rings. The van der Waals surface area contributed by atoms with E-state index < -0.39 is 0 Å². The molecule has 0 bridgehead atoms. The molecule has 0 unspecified atom stereocenters. The van der Waals surface area contributed by atoms with Crippen molar-refractivity contribution in [1.82, 2.24) is 4.90 Å². The Morgan fingerprint density at radius 2 is 1.57 bits per heavy atom. The van der Waals surface area contributed by atoms with Crippen LogP contribution in [0.25, 0.3) is 0 Å². The van der Waals surface area contributed by atoms with Crippen molar-refractivity contribution in [2.45, 2.75) is 44.6 Å². The van der Waals surface area contributed by atoms with Crippen molar-refractivity contribution in [2.24, 2.45) is 5.73 Å². The van der Waals surface area contributed by atoms with E-state index in [1.807, 2.05) is 0 Å². The second kappa shape index (κ2) is 11.4. The number of hydrogen-bond acceptors (Lipinski definition) is 5. The molecule has 0 aromatic rings. The molecule has 0 spiro atoms. The molecule has 5 nitrogen and oxygen atoms in total. The third-order valence-corrected chi connectivity index (χ3v) is 4.53.